The zero-order valence-corrected chi connectivity index (χ0v) is 9.72. The molecule has 2 unspecified atom stereocenters. The van der Waals surface area contributed by atoms with E-state index >= 15 is 0 Å². The maximum Gasteiger partial charge on any atom is 0.274 e. The maximum absolute atomic E-state index is 11.3. The van der Waals surface area contributed by atoms with Crippen LogP contribution in [0.1, 0.15) is 27.7 Å². The van der Waals surface area contributed by atoms with E-state index in [0.717, 1.165) is 11.1 Å². The fourth-order valence-electron chi connectivity index (χ4n) is 1.66. The van der Waals surface area contributed by atoms with Crippen LogP contribution in [-0.2, 0) is 10.1 Å². The molecular weight excluding hydrogens is 200 g/mol. The molecule has 3 nitrogen and oxygen atoms in total. The summed E-state index contributed by atoms with van der Waals surface area (Å²) in [7, 11) is -4.05. The molecular formula is C10H16O3S. The Labute approximate surface area is 85.3 Å². The minimum absolute atomic E-state index is 0.207. The van der Waals surface area contributed by atoms with Gasteiger partial charge in [-0.25, -0.2) is 0 Å². The lowest BCUT2D eigenvalue weighted by Gasteiger charge is -2.32. The van der Waals surface area contributed by atoms with Gasteiger partial charge in [0, 0.05) is 0 Å². The van der Waals surface area contributed by atoms with E-state index in [0.29, 0.717) is 0 Å². The monoisotopic (exact) mass is 216 g/mol. The lowest BCUT2D eigenvalue weighted by molar-refractivity contribution is 0.424. The van der Waals surface area contributed by atoms with Gasteiger partial charge in [-0.3, -0.25) is 4.55 Å². The van der Waals surface area contributed by atoms with Gasteiger partial charge in [0.2, 0.25) is 0 Å². The van der Waals surface area contributed by atoms with Crippen LogP contribution in [0, 0.1) is 5.92 Å². The van der Waals surface area contributed by atoms with E-state index in [1.54, 1.807) is 19.9 Å². The molecule has 0 spiro atoms. The normalized spacial score (nSPS) is 33.6. The molecule has 4 heteroatoms. The van der Waals surface area contributed by atoms with Gasteiger partial charge in [-0.2, -0.15) is 8.42 Å². The third-order valence-electron chi connectivity index (χ3n) is 3.09. The van der Waals surface area contributed by atoms with Crippen molar-refractivity contribution in [3.63, 3.8) is 0 Å². The highest BCUT2D eigenvalue weighted by molar-refractivity contribution is 7.87. The van der Waals surface area contributed by atoms with Crippen molar-refractivity contribution in [1.29, 1.82) is 0 Å². The van der Waals surface area contributed by atoms with Gasteiger partial charge in [0.05, 0.1) is 0 Å². The van der Waals surface area contributed by atoms with Crippen LogP contribution in [0.3, 0.4) is 0 Å². The molecule has 0 saturated carbocycles. The molecule has 0 aromatic carbocycles. The van der Waals surface area contributed by atoms with Crippen LogP contribution in [0.2, 0.25) is 0 Å². The number of hydrogen-bond acceptors (Lipinski definition) is 2. The van der Waals surface area contributed by atoms with Crippen molar-refractivity contribution in [1.82, 2.24) is 0 Å². The van der Waals surface area contributed by atoms with Crippen LogP contribution < -0.4 is 0 Å². The van der Waals surface area contributed by atoms with Crippen molar-refractivity contribution in [3.05, 3.63) is 23.3 Å². The number of hydrogen-bond donors (Lipinski definition) is 1. The van der Waals surface area contributed by atoms with Crippen molar-refractivity contribution in [2.75, 3.05) is 0 Å². The summed E-state index contributed by atoms with van der Waals surface area (Å²) in [4.78, 5) is 0. The zero-order chi connectivity index (χ0) is 11.1. The third-order valence-corrected chi connectivity index (χ3v) is 4.69. The van der Waals surface area contributed by atoms with Crippen molar-refractivity contribution in [3.8, 4) is 0 Å². The molecule has 2 atom stereocenters. The Morgan fingerprint density at radius 2 is 1.86 bits per heavy atom. The Morgan fingerprint density at radius 1 is 1.36 bits per heavy atom. The number of rotatable bonds is 1. The Kier molecular flexibility index (Phi) is 2.63. The minimum atomic E-state index is -4.05. The zero-order valence-electron chi connectivity index (χ0n) is 8.90. The van der Waals surface area contributed by atoms with Crippen LogP contribution in [-0.4, -0.2) is 17.7 Å². The van der Waals surface area contributed by atoms with E-state index < -0.39 is 14.9 Å². The van der Waals surface area contributed by atoms with Gasteiger partial charge in [-0.05, 0) is 26.7 Å². The van der Waals surface area contributed by atoms with Gasteiger partial charge < -0.3 is 0 Å². The predicted molar refractivity (Wildman–Crippen MR) is 56.6 cm³/mol. The van der Waals surface area contributed by atoms with E-state index in [4.69, 9.17) is 0 Å². The Hall–Kier alpha value is -0.610. The van der Waals surface area contributed by atoms with E-state index in [2.05, 4.69) is 0 Å². The summed E-state index contributed by atoms with van der Waals surface area (Å²) in [5, 5.41) is 0. The minimum Gasteiger partial charge on any atom is -0.285 e. The predicted octanol–water partition coefficient (Wildman–Crippen LogP) is 2.18. The van der Waals surface area contributed by atoms with Gasteiger partial charge in [-0.15, -0.1) is 0 Å². The molecule has 0 aromatic heterocycles. The molecule has 1 N–H and O–H groups in total. The fraction of sp³-hybridized carbons (Fsp3) is 0.600. The van der Waals surface area contributed by atoms with Crippen molar-refractivity contribution in [2.24, 2.45) is 5.92 Å². The first-order valence-electron chi connectivity index (χ1n) is 4.54. The van der Waals surface area contributed by atoms with E-state index in [1.807, 2.05) is 19.9 Å². The quantitative estimate of drug-likeness (QED) is 0.683. The fourth-order valence-corrected chi connectivity index (χ4v) is 2.52. The molecule has 1 rings (SSSR count). The molecule has 0 heterocycles. The van der Waals surface area contributed by atoms with E-state index in [9.17, 15) is 13.0 Å². The van der Waals surface area contributed by atoms with Gasteiger partial charge in [0.15, 0.2) is 0 Å². The van der Waals surface area contributed by atoms with Crippen LogP contribution in [0.5, 0.6) is 0 Å². The molecule has 1 aliphatic carbocycles. The van der Waals surface area contributed by atoms with Crippen LogP contribution in [0.25, 0.3) is 0 Å². The lowest BCUT2D eigenvalue weighted by Crippen LogP contribution is -2.40. The summed E-state index contributed by atoms with van der Waals surface area (Å²) in [5.74, 6) is -0.207. The third kappa shape index (κ3) is 1.64. The van der Waals surface area contributed by atoms with Gasteiger partial charge in [0.25, 0.3) is 10.1 Å². The highest BCUT2D eigenvalue weighted by Crippen LogP contribution is 2.35. The Balaban J connectivity index is 3.30. The molecule has 0 fully saturated rings. The van der Waals surface area contributed by atoms with Gasteiger partial charge in [0.1, 0.15) is 4.75 Å². The highest BCUT2D eigenvalue weighted by Gasteiger charge is 2.42. The summed E-state index contributed by atoms with van der Waals surface area (Å²) >= 11 is 0. The topological polar surface area (TPSA) is 54.4 Å². The summed E-state index contributed by atoms with van der Waals surface area (Å²) in [6, 6.07) is 0. The molecule has 0 amide bonds. The largest absolute Gasteiger partial charge is 0.285 e. The van der Waals surface area contributed by atoms with Gasteiger partial charge >= 0.3 is 0 Å². The van der Waals surface area contributed by atoms with Crippen molar-refractivity contribution in [2.45, 2.75) is 32.4 Å². The first kappa shape index (κ1) is 11.5. The average Bonchev–Trinajstić information content (AvgIpc) is 1.99. The highest BCUT2D eigenvalue weighted by atomic mass is 32.2. The smallest absolute Gasteiger partial charge is 0.274 e. The molecule has 14 heavy (non-hydrogen) atoms. The molecule has 0 bridgehead atoms. The van der Waals surface area contributed by atoms with Gasteiger partial charge in [-0.1, -0.05) is 30.2 Å². The molecule has 0 radical (unpaired) electrons. The second-order valence-corrected chi connectivity index (χ2v) is 5.95. The standard InChI is InChI=1S/C10H16O3S/c1-7-5-9(3)10(4,6-8(7)2)14(11,12)13/h5-6,9H,1-4H3,(H,11,12,13). The summed E-state index contributed by atoms with van der Waals surface area (Å²) in [5.41, 5.74) is 1.97. The molecule has 0 saturated heterocycles. The molecule has 0 aromatic rings. The first-order valence-corrected chi connectivity index (χ1v) is 5.98. The number of allylic oxidation sites excluding steroid dienone is 3. The SMILES string of the molecule is CC1=CC(C)C(C)(S(=O)(=O)O)C=C1C. The van der Waals surface area contributed by atoms with Crippen LogP contribution in [0.4, 0.5) is 0 Å². The second-order valence-electron chi connectivity index (χ2n) is 4.12. The van der Waals surface area contributed by atoms with E-state index in [-0.39, 0.29) is 5.92 Å². The molecule has 80 valence electrons. The maximum atomic E-state index is 11.3. The molecule has 0 aliphatic heterocycles. The second kappa shape index (κ2) is 3.21. The summed E-state index contributed by atoms with van der Waals surface area (Å²) in [6.45, 7) is 7.12. The Morgan fingerprint density at radius 3 is 2.29 bits per heavy atom. The molecule has 1 aliphatic rings. The van der Waals surface area contributed by atoms with Crippen molar-refractivity contribution < 1.29 is 13.0 Å². The van der Waals surface area contributed by atoms with Crippen LogP contribution >= 0.6 is 0 Å². The van der Waals surface area contributed by atoms with Crippen LogP contribution in [0.15, 0.2) is 23.3 Å². The average molecular weight is 216 g/mol. The lowest BCUT2D eigenvalue weighted by atomic mass is 9.84. The van der Waals surface area contributed by atoms with E-state index in [1.165, 1.54) is 0 Å². The Bertz CT molecular complexity index is 403. The summed E-state index contributed by atoms with van der Waals surface area (Å²) in [6.07, 6.45) is 3.51. The van der Waals surface area contributed by atoms with Crippen molar-refractivity contribution >= 4 is 10.1 Å². The summed E-state index contributed by atoms with van der Waals surface area (Å²) < 4.78 is 30.5. The first-order chi connectivity index (χ1) is 6.18.